The second-order valence-electron chi connectivity index (χ2n) is 8.39. The molecule has 32 heavy (non-hydrogen) atoms. The molecule has 4 rings (SSSR count). The van der Waals surface area contributed by atoms with Gasteiger partial charge >= 0.3 is 5.97 Å². The fraction of sp³-hybridized carbons (Fsp3) is 0.417. The van der Waals surface area contributed by atoms with Crippen molar-refractivity contribution in [3.8, 4) is 0 Å². The number of nitrogens with zero attached hydrogens (tertiary/aromatic N) is 1. The van der Waals surface area contributed by atoms with Crippen LogP contribution >= 0.6 is 0 Å². The molecule has 1 heterocycles. The van der Waals surface area contributed by atoms with Gasteiger partial charge in [-0.2, -0.15) is 0 Å². The monoisotopic (exact) mass is 456 g/mol. The fourth-order valence-corrected chi connectivity index (χ4v) is 5.88. The summed E-state index contributed by atoms with van der Waals surface area (Å²) in [4.78, 5) is 24.8. The zero-order valence-electron chi connectivity index (χ0n) is 18.2. The summed E-state index contributed by atoms with van der Waals surface area (Å²) in [6.07, 6.45) is 5.15. The van der Waals surface area contributed by atoms with Gasteiger partial charge in [0, 0.05) is 6.54 Å². The Labute approximate surface area is 188 Å². The predicted octanol–water partition coefficient (Wildman–Crippen LogP) is 3.14. The molecule has 0 bridgehead atoms. The first-order chi connectivity index (χ1) is 15.3. The number of benzene rings is 2. The van der Waals surface area contributed by atoms with Crippen molar-refractivity contribution in [2.24, 2.45) is 0 Å². The Morgan fingerprint density at radius 3 is 2.59 bits per heavy atom. The van der Waals surface area contributed by atoms with Crippen LogP contribution < -0.4 is 9.62 Å². The largest absolute Gasteiger partial charge is 0.452 e. The summed E-state index contributed by atoms with van der Waals surface area (Å²) in [5.74, 6) is -0.952. The van der Waals surface area contributed by atoms with E-state index in [9.17, 15) is 18.0 Å². The second kappa shape index (κ2) is 9.32. The SMILES string of the molecule is CC(NC(=O)COC(=O)c1cccc(N2CCCS2(=O)=O)c1)c1ccc2c(c1)CCCC2. The summed E-state index contributed by atoms with van der Waals surface area (Å²) < 4.78 is 30.7. The Morgan fingerprint density at radius 2 is 1.84 bits per heavy atom. The number of hydrogen-bond acceptors (Lipinski definition) is 5. The third kappa shape index (κ3) is 4.96. The molecular formula is C24H28N2O5S. The number of carbonyl (C=O) groups excluding carboxylic acids is 2. The van der Waals surface area contributed by atoms with E-state index in [1.54, 1.807) is 18.2 Å². The molecule has 2 aromatic carbocycles. The molecular weight excluding hydrogens is 428 g/mol. The number of ether oxygens (including phenoxy) is 1. The van der Waals surface area contributed by atoms with E-state index in [4.69, 9.17) is 4.74 Å². The van der Waals surface area contributed by atoms with Crippen molar-refractivity contribution in [3.05, 3.63) is 64.7 Å². The number of aryl methyl sites for hydroxylation is 2. The lowest BCUT2D eigenvalue weighted by molar-refractivity contribution is -0.124. The van der Waals surface area contributed by atoms with E-state index in [0.29, 0.717) is 18.7 Å². The average Bonchev–Trinajstić information content (AvgIpc) is 3.16. The van der Waals surface area contributed by atoms with Gasteiger partial charge in [-0.1, -0.05) is 24.3 Å². The quantitative estimate of drug-likeness (QED) is 0.674. The Balaban J connectivity index is 1.33. The van der Waals surface area contributed by atoms with Gasteiger partial charge in [0.2, 0.25) is 10.0 Å². The van der Waals surface area contributed by atoms with Crippen molar-refractivity contribution in [1.82, 2.24) is 5.32 Å². The zero-order valence-corrected chi connectivity index (χ0v) is 19.0. The third-order valence-electron chi connectivity index (χ3n) is 6.05. The van der Waals surface area contributed by atoms with Crippen LogP contribution in [0, 0.1) is 0 Å². The number of fused-ring (bicyclic) bond motifs is 1. The topological polar surface area (TPSA) is 92.8 Å². The number of anilines is 1. The van der Waals surface area contributed by atoms with Crippen molar-refractivity contribution >= 4 is 27.6 Å². The number of amides is 1. The van der Waals surface area contributed by atoms with E-state index in [-0.39, 0.29) is 23.3 Å². The predicted molar refractivity (Wildman–Crippen MR) is 122 cm³/mol. The standard InChI is InChI=1S/C24H28N2O5S/c1-17(19-11-10-18-6-2-3-7-20(18)14-19)25-23(27)16-31-24(28)21-8-4-9-22(15-21)26-12-5-13-32(26,29)30/h4,8-11,14-15,17H,2-3,5-7,12-13,16H2,1H3,(H,25,27). The molecule has 2 aliphatic rings. The number of sulfonamides is 1. The second-order valence-corrected chi connectivity index (χ2v) is 10.4. The lowest BCUT2D eigenvalue weighted by atomic mass is 9.89. The van der Waals surface area contributed by atoms with Gasteiger partial charge in [-0.15, -0.1) is 0 Å². The van der Waals surface area contributed by atoms with Crippen LogP contribution in [-0.2, 0) is 32.4 Å². The lowest BCUT2D eigenvalue weighted by Crippen LogP contribution is -2.31. The minimum atomic E-state index is -3.34. The molecule has 0 spiro atoms. The third-order valence-corrected chi connectivity index (χ3v) is 7.92. The fourth-order valence-electron chi connectivity index (χ4n) is 4.32. The molecule has 8 heteroatoms. The van der Waals surface area contributed by atoms with Gasteiger partial charge in [0.15, 0.2) is 6.61 Å². The van der Waals surface area contributed by atoms with Crippen molar-refractivity contribution < 1.29 is 22.7 Å². The minimum Gasteiger partial charge on any atom is -0.452 e. The highest BCUT2D eigenvalue weighted by molar-refractivity contribution is 7.93. The Morgan fingerprint density at radius 1 is 1.06 bits per heavy atom. The lowest BCUT2D eigenvalue weighted by Gasteiger charge is -2.20. The van der Waals surface area contributed by atoms with E-state index in [1.165, 1.54) is 34.3 Å². The molecule has 0 radical (unpaired) electrons. The first kappa shape index (κ1) is 22.3. The van der Waals surface area contributed by atoms with Gasteiger partial charge in [-0.3, -0.25) is 9.10 Å². The van der Waals surface area contributed by atoms with Crippen molar-refractivity contribution in [1.29, 1.82) is 0 Å². The van der Waals surface area contributed by atoms with Crippen LogP contribution in [0.2, 0.25) is 0 Å². The molecule has 1 aliphatic carbocycles. The highest BCUT2D eigenvalue weighted by Gasteiger charge is 2.29. The zero-order chi connectivity index (χ0) is 22.7. The molecule has 1 aliphatic heterocycles. The van der Waals surface area contributed by atoms with Gasteiger partial charge in [0.05, 0.1) is 23.0 Å². The summed E-state index contributed by atoms with van der Waals surface area (Å²) in [6, 6.07) is 12.4. The summed E-state index contributed by atoms with van der Waals surface area (Å²) in [5, 5.41) is 2.87. The van der Waals surface area contributed by atoms with Crippen LogP contribution in [0.25, 0.3) is 0 Å². The van der Waals surface area contributed by atoms with Gasteiger partial charge in [-0.25, -0.2) is 13.2 Å². The van der Waals surface area contributed by atoms with E-state index < -0.39 is 22.6 Å². The van der Waals surface area contributed by atoms with E-state index >= 15 is 0 Å². The van der Waals surface area contributed by atoms with Gasteiger partial charge in [-0.05, 0) is 73.9 Å². The Kier molecular flexibility index (Phi) is 6.50. The molecule has 1 amide bonds. The average molecular weight is 457 g/mol. The van der Waals surface area contributed by atoms with Gasteiger partial charge in [0.1, 0.15) is 0 Å². The van der Waals surface area contributed by atoms with Crippen LogP contribution in [0.4, 0.5) is 5.69 Å². The van der Waals surface area contributed by atoms with Crippen LogP contribution in [0.1, 0.15) is 59.3 Å². The smallest absolute Gasteiger partial charge is 0.338 e. The molecule has 1 atom stereocenters. The number of carbonyl (C=O) groups is 2. The van der Waals surface area contributed by atoms with Crippen LogP contribution in [-0.4, -0.2) is 39.2 Å². The van der Waals surface area contributed by atoms with Gasteiger partial charge < -0.3 is 10.1 Å². The Bertz CT molecular complexity index is 1130. The number of esters is 1. The maximum atomic E-state index is 12.4. The summed E-state index contributed by atoms with van der Waals surface area (Å²) in [7, 11) is -3.34. The summed E-state index contributed by atoms with van der Waals surface area (Å²) in [5.41, 5.74) is 4.41. The Hall–Kier alpha value is -2.87. The molecule has 7 nitrogen and oxygen atoms in total. The van der Waals surface area contributed by atoms with Crippen molar-refractivity contribution in [2.45, 2.75) is 45.1 Å². The summed E-state index contributed by atoms with van der Waals surface area (Å²) >= 11 is 0. The minimum absolute atomic E-state index is 0.101. The van der Waals surface area contributed by atoms with Crippen LogP contribution in [0.3, 0.4) is 0 Å². The molecule has 0 aromatic heterocycles. The van der Waals surface area contributed by atoms with E-state index in [2.05, 4.69) is 17.4 Å². The highest BCUT2D eigenvalue weighted by Crippen LogP contribution is 2.26. The first-order valence-corrected chi connectivity index (χ1v) is 12.6. The summed E-state index contributed by atoms with van der Waals surface area (Å²) in [6.45, 7) is 1.90. The number of nitrogens with one attached hydrogen (secondary N) is 1. The van der Waals surface area contributed by atoms with E-state index in [1.807, 2.05) is 13.0 Å². The van der Waals surface area contributed by atoms with Crippen LogP contribution in [0.15, 0.2) is 42.5 Å². The highest BCUT2D eigenvalue weighted by atomic mass is 32.2. The molecule has 2 aromatic rings. The first-order valence-electron chi connectivity index (χ1n) is 11.0. The normalized spacial score (nSPS) is 18.0. The van der Waals surface area contributed by atoms with Crippen molar-refractivity contribution in [2.75, 3.05) is 23.2 Å². The maximum absolute atomic E-state index is 12.4. The van der Waals surface area contributed by atoms with Gasteiger partial charge in [0.25, 0.3) is 5.91 Å². The maximum Gasteiger partial charge on any atom is 0.338 e. The molecule has 1 fully saturated rings. The van der Waals surface area contributed by atoms with Crippen LogP contribution in [0.5, 0.6) is 0 Å². The van der Waals surface area contributed by atoms with E-state index in [0.717, 1.165) is 18.4 Å². The number of hydrogen-bond donors (Lipinski definition) is 1. The molecule has 170 valence electrons. The van der Waals surface area contributed by atoms with Crippen molar-refractivity contribution in [3.63, 3.8) is 0 Å². The molecule has 1 saturated heterocycles. The molecule has 0 saturated carbocycles. The molecule has 1 N–H and O–H groups in total. The molecule has 1 unspecified atom stereocenters. The number of rotatable bonds is 6.